The van der Waals surface area contributed by atoms with Crippen molar-refractivity contribution in [1.82, 2.24) is 20.1 Å². The number of likely N-dealkylation sites (tertiary alicyclic amines) is 1. The molecule has 164 valence electrons. The van der Waals surface area contributed by atoms with Crippen molar-refractivity contribution < 1.29 is 0 Å². The molecule has 0 amide bonds. The number of benzene rings is 2. The van der Waals surface area contributed by atoms with Crippen LogP contribution in [0.3, 0.4) is 0 Å². The number of rotatable bonds is 6. The fourth-order valence-corrected chi connectivity index (χ4v) is 5.22. The molecule has 4 aromatic rings. The fourth-order valence-electron chi connectivity index (χ4n) is 4.45. The number of aromatic nitrogens is 3. The fraction of sp³-hybridized carbons (Fsp3) is 0.308. The maximum Gasteiger partial charge on any atom is 0.116 e. The van der Waals surface area contributed by atoms with Crippen LogP contribution < -0.4 is 5.32 Å². The van der Waals surface area contributed by atoms with Crippen molar-refractivity contribution in [2.24, 2.45) is 5.92 Å². The molecule has 1 aliphatic rings. The summed E-state index contributed by atoms with van der Waals surface area (Å²) in [5.74, 6) is 0.798. The molecule has 0 spiro atoms. The number of aryl methyl sites for hydroxylation is 1. The van der Waals surface area contributed by atoms with E-state index in [2.05, 4.69) is 81.5 Å². The number of nitrogens with zero attached hydrogens (tertiary/aromatic N) is 3. The first-order valence-electron chi connectivity index (χ1n) is 11.2. The molecule has 2 aromatic heterocycles. The lowest BCUT2D eigenvalue weighted by Gasteiger charge is -2.29. The molecule has 32 heavy (non-hydrogen) atoms. The summed E-state index contributed by atoms with van der Waals surface area (Å²) in [5, 5.41) is 13.2. The maximum atomic E-state index is 4.53. The normalized spacial score (nSPS) is 15.3. The van der Waals surface area contributed by atoms with Crippen LogP contribution in [0.5, 0.6) is 0 Å². The summed E-state index contributed by atoms with van der Waals surface area (Å²) in [4.78, 5) is 7.97. The third kappa shape index (κ3) is 4.47. The Morgan fingerprint density at radius 1 is 1.19 bits per heavy atom. The molecule has 5 nitrogen and oxygen atoms in total. The Morgan fingerprint density at radius 3 is 2.69 bits per heavy atom. The quantitative estimate of drug-likeness (QED) is 0.386. The molecule has 6 heteroatoms. The van der Waals surface area contributed by atoms with E-state index in [4.69, 9.17) is 0 Å². The van der Waals surface area contributed by atoms with E-state index in [-0.39, 0.29) is 0 Å². The Morgan fingerprint density at radius 2 is 1.97 bits per heavy atom. The van der Waals surface area contributed by atoms with Gasteiger partial charge >= 0.3 is 0 Å². The Hall–Kier alpha value is -2.96. The van der Waals surface area contributed by atoms with E-state index < -0.39 is 0 Å². The second-order valence-electron chi connectivity index (χ2n) is 8.83. The van der Waals surface area contributed by atoms with Crippen LogP contribution in [-0.4, -0.2) is 40.2 Å². The number of nitrogens with one attached hydrogen (secondary N) is 2. The van der Waals surface area contributed by atoms with Gasteiger partial charge in [0.15, 0.2) is 0 Å². The number of thiazole rings is 1. The summed E-state index contributed by atoms with van der Waals surface area (Å²) in [6, 6.07) is 15.1. The van der Waals surface area contributed by atoms with Gasteiger partial charge in [-0.3, -0.25) is 5.10 Å². The summed E-state index contributed by atoms with van der Waals surface area (Å²) in [6.07, 6.45) is 5.69. The van der Waals surface area contributed by atoms with Crippen LogP contribution in [0.1, 0.15) is 29.1 Å². The minimum Gasteiger partial charge on any atom is -0.354 e. The first kappa shape index (κ1) is 20.9. The Balaban J connectivity index is 1.29. The minimum absolute atomic E-state index is 0.789. The number of piperidine rings is 1. The monoisotopic (exact) mass is 443 g/mol. The van der Waals surface area contributed by atoms with Crippen molar-refractivity contribution in [3.8, 4) is 10.4 Å². The van der Waals surface area contributed by atoms with E-state index in [1.165, 1.54) is 37.9 Å². The van der Waals surface area contributed by atoms with E-state index in [9.17, 15) is 0 Å². The molecule has 1 aliphatic heterocycles. The number of anilines is 1. The molecule has 0 saturated carbocycles. The number of fused-ring (bicyclic) bond motifs is 1. The lowest BCUT2D eigenvalue weighted by atomic mass is 9.90. The second-order valence-corrected chi connectivity index (χ2v) is 10.1. The molecule has 3 heterocycles. The number of H-pyrrole nitrogens is 1. The molecule has 0 aliphatic carbocycles. The van der Waals surface area contributed by atoms with Gasteiger partial charge in [-0.1, -0.05) is 24.8 Å². The van der Waals surface area contributed by atoms with Crippen LogP contribution in [0.2, 0.25) is 0 Å². The number of hydrogen-bond donors (Lipinski definition) is 2. The van der Waals surface area contributed by atoms with Crippen molar-refractivity contribution in [1.29, 1.82) is 0 Å². The Kier molecular flexibility index (Phi) is 5.81. The van der Waals surface area contributed by atoms with Gasteiger partial charge < -0.3 is 10.2 Å². The van der Waals surface area contributed by atoms with Gasteiger partial charge in [-0.05, 0) is 87.6 Å². The third-order valence-electron chi connectivity index (χ3n) is 6.37. The highest BCUT2D eigenvalue weighted by Gasteiger charge is 2.17. The highest BCUT2D eigenvalue weighted by molar-refractivity contribution is 7.15. The van der Waals surface area contributed by atoms with Crippen molar-refractivity contribution in [3.63, 3.8) is 0 Å². The molecule has 5 rings (SSSR count). The van der Waals surface area contributed by atoms with Crippen LogP contribution in [0.15, 0.2) is 55.2 Å². The topological polar surface area (TPSA) is 56.8 Å². The third-order valence-corrected chi connectivity index (χ3v) is 7.33. The van der Waals surface area contributed by atoms with Gasteiger partial charge in [-0.15, -0.1) is 11.3 Å². The Bertz CT molecular complexity index is 1230. The van der Waals surface area contributed by atoms with Gasteiger partial charge in [0.25, 0.3) is 0 Å². The van der Waals surface area contributed by atoms with Gasteiger partial charge in [0.05, 0.1) is 21.1 Å². The van der Waals surface area contributed by atoms with E-state index in [1.807, 2.05) is 13.1 Å². The molecule has 0 bridgehead atoms. The van der Waals surface area contributed by atoms with Crippen molar-refractivity contribution in [3.05, 3.63) is 71.5 Å². The summed E-state index contributed by atoms with van der Waals surface area (Å²) in [5.41, 5.74) is 6.23. The second kappa shape index (κ2) is 8.88. The van der Waals surface area contributed by atoms with Crippen LogP contribution in [0.4, 0.5) is 5.69 Å². The average molecular weight is 444 g/mol. The van der Waals surface area contributed by atoms with E-state index in [0.717, 1.165) is 49.3 Å². The van der Waals surface area contributed by atoms with Crippen LogP contribution in [-0.2, 0) is 6.42 Å². The van der Waals surface area contributed by atoms with Crippen molar-refractivity contribution >= 4 is 33.6 Å². The van der Waals surface area contributed by atoms with Crippen LogP contribution in [0.25, 0.3) is 27.0 Å². The minimum atomic E-state index is 0.789. The predicted octanol–water partition coefficient (Wildman–Crippen LogP) is 5.96. The number of hydrogen-bond acceptors (Lipinski definition) is 5. The average Bonchev–Trinajstić information content (AvgIpc) is 3.42. The molecule has 0 atom stereocenters. The summed E-state index contributed by atoms with van der Waals surface area (Å²) >= 11 is 1.70. The summed E-state index contributed by atoms with van der Waals surface area (Å²) in [7, 11) is 2.22. The molecule has 2 aromatic carbocycles. The molecule has 1 saturated heterocycles. The lowest BCUT2D eigenvalue weighted by molar-refractivity contribution is 0.219. The standard InChI is InChI=1S/C26H29N5S/c1-17(28-22-7-4-19(5-8-22)14-20-10-12-31(3)13-11-20)26-23-15-21(6-9-24(23)29-30-26)25-16-27-18(2)32-25/h4-9,15-16,20,28H,1,10-14H2,2-3H3,(H,29,30). The molecule has 0 unspecified atom stereocenters. The molecular weight excluding hydrogens is 414 g/mol. The van der Waals surface area contributed by atoms with E-state index in [0.29, 0.717) is 0 Å². The van der Waals surface area contributed by atoms with Gasteiger partial charge in [-0.2, -0.15) is 5.10 Å². The van der Waals surface area contributed by atoms with Crippen molar-refractivity contribution in [2.45, 2.75) is 26.2 Å². The SMILES string of the molecule is C=C(Nc1ccc(CC2CCN(C)CC2)cc1)c1n[nH]c2ccc(-c3cnc(C)s3)cc12. The predicted molar refractivity (Wildman–Crippen MR) is 135 cm³/mol. The molecule has 1 fully saturated rings. The van der Waals surface area contributed by atoms with Crippen molar-refractivity contribution in [2.75, 3.05) is 25.5 Å². The van der Waals surface area contributed by atoms with Gasteiger partial charge in [-0.25, -0.2) is 4.98 Å². The van der Waals surface area contributed by atoms with Gasteiger partial charge in [0.1, 0.15) is 5.69 Å². The zero-order chi connectivity index (χ0) is 22.1. The Labute approximate surface area is 193 Å². The first-order valence-corrected chi connectivity index (χ1v) is 12.0. The highest BCUT2D eigenvalue weighted by Crippen LogP contribution is 2.31. The zero-order valence-electron chi connectivity index (χ0n) is 18.7. The highest BCUT2D eigenvalue weighted by atomic mass is 32.1. The zero-order valence-corrected chi connectivity index (χ0v) is 19.5. The van der Waals surface area contributed by atoms with Crippen LogP contribution >= 0.6 is 11.3 Å². The molecule has 2 N–H and O–H groups in total. The number of aromatic amines is 1. The summed E-state index contributed by atoms with van der Waals surface area (Å²) < 4.78 is 0. The smallest absolute Gasteiger partial charge is 0.116 e. The largest absolute Gasteiger partial charge is 0.354 e. The van der Waals surface area contributed by atoms with Gasteiger partial charge in [0.2, 0.25) is 0 Å². The summed E-state index contributed by atoms with van der Waals surface area (Å²) in [6.45, 7) is 8.72. The van der Waals surface area contributed by atoms with E-state index in [1.54, 1.807) is 11.3 Å². The van der Waals surface area contributed by atoms with Gasteiger partial charge in [0, 0.05) is 17.3 Å². The lowest BCUT2D eigenvalue weighted by Crippen LogP contribution is -2.30. The molecule has 0 radical (unpaired) electrons. The molecular formula is C26H29N5S. The van der Waals surface area contributed by atoms with Crippen LogP contribution in [0, 0.1) is 12.8 Å². The first-order chi connectivity index (χ1) is 15.5. The maximum absolute atomic E-state index is 4.53. The van der Waals surface area contributed by atoms with E-state index >= 15 is 0 Å².